The molecule has 0 heterocycles. The number of methoxy groups -OCH3 is 1. The highest BCUT2D eigenvalue weighted by Crippen LogP contribution is 2.24. The molecule has 1 rings (SSSR count). The van der Waals surface area contributed by atoms with Gasteiger partial charge in [-0.15, -0.1) is 0 Å². The average Bonchev–Trinajstić information content (AvgIpc) is 2.41. The van der Waals surface area contributed by atoms with Crippen LogP contribution < -0.4 is 11.1 Å². The Morgan fingerprint density at radius 1 is 1.55 bits per heavy atom. The van der Waals surface area contributed by atoms with E-state index in [4.69, 9.17) is 22.1 Å². The quantitative estimate of drug-likeness (QED) is 0.598. The van der Waals surface area contributed by atoms with Gasteiger partial charge >= 0.3 is 0 Å². The summed E-state index contributed by atoms with van der Waals surface area (Å²) in [6.07, 6.45) is 0.882. The highest BCUT2D eigenvalue weighted by molar-refractivity contribution is 6.34. The topological polar surface area (TPSA) is 67.6 Å². The minimum absolute atomic E-state index is 0.100. The second-order valence-electron chi connectivity index (χ2n) is 4.73. The van der Waals surface area contributed by atoms with Crippen molar-refractivity contribution < 1.29 is 9.53 Å². The summed E-state index contributed by atoms with van der Waals surface area (Å²) in [6, 6.07) is 4.77. The number of hydrogen-bond acceptors (Lipinski definition) is 4. The Morgan fingerprint density at radius 3 is 2.85 bits per heavy atom. The zero-order valence-corrected chi connectivity index (χ0v) is 12.9. The molecule has 1 unspecified atom stereocenters. The van der Waals surface area contributed by atoms with Crippen LogP contribution in [0.25, 0.3) is 0 Å². The molecule has 1 amide bonds. The molecule has 1 atom stereocenters. The van der Waals surface area contributed by atoms with E-state index in [1.54, 1.807) is 25.3 Å². The summed E-state index contributed by atoms with van der Waals surface area (Å²) >= 11 is 6.04. The van der Waals surface area contributed by atoms with Crippen LogP contribution in [0.15, 0.2) is 18.2 Å². The van der Waals surface area contributed by atoms with Gasteiger partial charge < -0.3 is 15.8 Å². The number of amides is 1. The Morgan fingerprint density at radius 2 is 2.25 bits per heavy atom. The van der Waals surface area contributed by atoms with Gasteiger partial charge in [0.15, 0.2) is 0 Å². The van der Waals surface area contributed by atoms with Crippen molar-refractivity contribution in [3.63, 3.8) is 0 Å². The van der Waals surface area contributed by atoms with E-state index in [9.17, 15) is 4.79 Å². The number of halogens is 1. The van der Waals surface area contributed by atoms with Gasteiger partial charge in [-0.2, -0.15) is 0 Å². The summed E-state index contributed by atoms with van der Waals surface area (Å²) in [5, 5.41) is 3.25. The molecule has 0 saturated heterocycles. The molecule has 0 aliphatic heterocycles. The number of hydrogen-bond donors (Lipinski definition) is 2. The number of likely N-dealkylation sites (N-methyl/N-ethyl adjacent to an activating group) is 1. The third-order valence-corrected chi connectivity index (χ3v) is 3.46. The second-order valence-corrected chi connectivity index (χ2v) is 5.14. The van der Waals surface area contributed by atoms with Gasteiger partial charge in [-0.25, -0.2) is 0 Å². The maximum atomic E-state index is 12.1. The van der Waals surface area contributed by atoms with Crippen molar-refractivity contribution in [2.75, 3.05) is 38.4 Å². The van der Waals surface area contributed by atoms with Crippen molar-refractivity contribution in [3.8, 4) is 0 Å². The summed E-state index contributed by atoms with van der Waals surface area (Å²) in [4.78, 5) is 14.1. The molecule has 20 heavy (non-hydrogen) atoms. The lowest BCUT2D eigenvalue weighted by Gasteiger charge is -2.23. The van der Waals surface area contributed by atoms with Crippen LogP contribution in [0.4, 0.5) is 11.4 Å². The molecule has 1 aromatic rings. The van der Waals surface area contributed by atoms with Gasteiger partial charge in [0.25, 0.3) is 0 Å². The summed E-state index contributed by atoms with van der Waals surface area (Å²) < 4.78 is 5.00. The maximum absolute atomic E-state index is 12.1. The lowest BCUT2D eigenvalue weighted by atomic mass is 10.2. The van der Waals surface area contributed by atoms with Crippen molar-refractivity contribution in [1.29, 1.82) is 0 Å². The average molecular weight is 300 g/mol. The Kier molecular flexibility index (Phi) is 6.78. The van der Waals surface area contributed by atoms with Gasteiger partial charge in [-0.3, -0.25) is 9.69 Å². The molecule has 0 bridgehead atoms. The number of carbonyl (C=O) groups excluding carboxylic acids is 1. The van der Waals surface area contributed by atoms with Gasteiger partial charge in [-0.1, -0.05) is 11.6 Å². The smallest absolute Gasteiger partial charge is 0.241 e. The Labute approximate surface area is 125 Å². The van der Waals surface area contributed by atoms with Crippen LogP contribution in [0.2, 0.25) is 5.02 Å². The number of nitrogens with one attached hydrogen (secondary N) is 1. The molecule has 1 aromatic carbocycles. The van der Waals surface area contributed by atoms with E-state index in [1.165, 1.54) is 0 Å². The van der Waals surface area contributed by atoms with Gasteiger partial charge in [0, 0.05) is 25.9 Å². The zero-order chi connectivity index (χ0) is 15.1. The summed E-state index contributed by atoms with van der Waals surface area (Å²) in [7, 11) is 3.57. The zero-order valence-electron chi connectivity index (χ0n) is 12.1. The summed E-state index contributed by atoms with van der Waals surface area (Å²) in [6.45, 7) is 3.33. The van der Waals surface area contributed by atoms with E-state index in [-0.39, 0.29) is 11.9 Å². The largest absolute Gasteiger partial charge is 0.399 e. The number of rotatable bonds is 7. The lowest BCUT2D eigenvalue weighted by molar-refractivity contribution is -0.120. The van der Waals surface area contributed by atoms with Crippen LogP contribution in [0.3, 0.4) is 0 Å². The van der Waals surface area contributed by atoms with Gasteiger partial charge in [0.05, 0.1) is 16.8 Å². The molecule has 5 nitrogen and oxygen atoms in total. The van der Waals surface area contributed by atoms with Crippen LogP contribution in [-0.4, -0.2) is 44.2 Å². The first-order valence-corrected chi connectivity index (χ1v) is 6.88. The molecule has 0 fully saturated rings. The molecule has 0 aliphatic rings. The molecule has 6 heteroatoms. The molecule has 0 aliphatic carbocycles. The monoisotopic (exact) mass is 299 g/mol. The predicted octanol–water partition coefficient (Wildman–Crippen LogP) is 2.22. The van der Waals surface area contributed by atoms with Crippen molar-refractivity contribution in [2.45, 2.75) is 19.4 Å². The van der Waals surface area contributed by atoms with E-state index in [0.717, 1.165) is 13.0 Å². The van der Waals surface area contributed by atoms with Crippen molar-refractivity contribution in [3.05, 3.63) is 23.2 Å². The SMILES string of the molecule is COCCCN(C)C(C)C(=O)Nc1ccc(N)cc1Cl. The molecular formula is C14H22ClN3O2. The van der Waals surface area contributed by atoms with Crippen molar-refractivity contribution in [1.82, 2.24) is 4.90 Å². The summed E-state index contributed by atoms with van der Waals surface area (Å²) in [5.41, 5.74) is 6.76. The number of anilines is 2. The summed E-state index contributed by atoms with van der Waals surface area (Å²) in [5.74, 6) is -0.100. The van der Waals surface area contributed by atoms with Crippen LogP contribution in [0.5, 0.6) is 0 Å². The fraction of sp³-hybridized carbons (Fsp3) is 0.500. The number of nitrogens with zero attached hydrogens (tertiary/aromatic N) is 1. The van der Waals surface area contributed by atoms with E-state index < -0.39 is 0 Å². The fourth-order valence-electron chi connectivity index (χ4n) is 1.72. The fourth-order valence-corrected chi connectivity index (χ4v) is 1.96. The highest BCUT2D eigenvalue weighted by Gasteiger charge is 2.18. The van der Waals surface area contributed by atoms with Crippen LogP contribution in [0.1, 0.15) is 13.3 Å². The third-order valence-electron chi connectivity index (χ3n) is 3.15. The van der Waals surface area contributed by atoms with Crippen molar-refractivity contribution in [2.24, 2.45) is 0 Å². The van der Waals surface area contributed by atoms with Crippen LogP contribution in [-0.2, 0) is 9.53 Å². The molecule has 3 N–H and O–H groups in total. The molecule has 0 saturated carbocycles. The van der Waals surface area contributed by atoms with Crippen molar-refractivity contribution >= 4 is 28.9 Å². The Balaban J connectivity index is 2.56. The van der Waals surface area contributed by atoms with Gasteiger partial charge in [0.2, 0.25) is 5.91 Å². The first-order chi connectivity index (χ1) is 9.45. The highest BCUT2D eigenvalue weighted by atomic mass is 35.5. The number of nitrogen functional groups attached to an aromatic ring is 1. The Bertz CT molecular complexity index is 454. The first-order valence-electron chi connectivity index (χ1n) is 6.50. The number of ether oxygens (including phenoxy) is 1. The van der Waals surface area contributed by atoms with E-state index >= 15 is 0 Å². The minimum atomic E-state index is -0.250. The van der Waals surface area contributed by atoms with E-state index in [1.807, 2.05) is 18.9 Å². The van der Waals surface area contributed by atoms with E-state index in [2.05, 4.69) is 5.32 Å². The molecule has 0 radical (unpaired) electrons. The van der Waals surface area contributed by atoms with Gasteiger partial charge in [0.1, 0.15) is 0 Å². The Hall–Kier alpha value is -1.30. The molecular weight excluding hydrogens is 278 g/mol. The minimum Gasteiger partial charge on any atom is -0.399 e. The second kappa shape index (κ2) is 8.09. The molecule has 112 valence electrons. The lowest BCUT2D eigenvalue weighted by Crippen LogP contribution is -2.40. The normalized spacial score (nSPS) is 12.4. The number of nitrogens with two attached hydrogens (primary N) is 1. The maximum Gasteiger partial charge on any atom is 0.241 e. The third kappa shape index (κ3) is 5.00. The number of benzene rings is 1. The van der Waals surface area contributed by atoms with Crippen LogP contribution in [0, 0.1) is 0 Å². The van der Waals surface area contributed by atoms with Crippen LogP contribution >= 0.6 is 11.6 Å². The number of carbonyl (C=O) groups is 1. The predicted molar refractivity (Wildman–Crippen MR) is 83.1 cm³/mol. The van der Waals surface area contributed by atoms with Gasteiger partial charge in [-0.05, 0) is 38.6 Å². The standard InChI is InChI=1S/C14H22ClN3O2/c1-10(18(2)7-4-8-20-3)14(19)17-13-6-5-11(16)9-12(13)15/h5-6,9-10H,4,7-8,16H2,1-3H3,(H,17,19). The molecule has 0 aromatic heterocycles. The van der Waals surface area contributed by atoms with E-state index in [0.29, 0.717) is 23.0 Å². The molecule has 0 spiro atoms. The first kappa shape index (κ1) is 16.8.